The van der Waals surface area contributed by atoms with E-state index >= 15 is 0 Å². The Labute approximate surface area is 170 Å². The van der Waals surface area contributed by atoms with Crippen LogP contribution < -0.4 is 10.6 Å². The van der Waals surface area contributed by atoms with Gasteiger partial charge in [-0.3, -0.25) is 9.89 Å². The Morgan fingerprint density at radius 1 is 1.07 bits per heavy atom. The highest BCUT2D eigenvalue weighted by Gasteiger charge is 2.12. The number of fused-ring (bicyclic) bond motifs is 1. The normalized spacial score (nSPS) is 11.1. The molecule has 2 aromatic carbocycles. The molecule has 30 heavy (non-hydrogen) atoms. The lowest BCUT2D eigenvalue weighted by Crippen LogP contribution is -2.22. The molecule has 2 aromatic heterocycles. The van der Waals surface area contributed by atoms with Gasteiger partial charge in [0.25, 0.3) is 0 Å². The molecule has 4 rings (SSSR count). The van der Waals surface area contributed by atoms with E-state index in [9.17, 15) is 13.6 Å². The van der Waals surface area contributed by atoms with Crippen molar-refractivity contribution in [2.75, 3.05) is 17.2 Å². The number of hydrogen-bond acceptors (Lipinski definition) is 4. The fourth-order valence-corrected chi connectivity index (χ4v) is 2.86. The molecule has 3 N–H and O–H groups in total. The first kappa shape index (κ1) is 19.3. The highest BCUT2D eigenvalue weighted by Crippen LogP contribution is 2.25. The van der Waals surface area contributed by atoms with Crippen LogP contribution in [0, 0.1) is 11.6 Å². The Hall–Kier alpha value is -4.07. The predicted octanol–water partition coefficient (Wildman–Crippen LogP) is 4.46. The third-order valence-electron chi connectivity index (χ3n) is 4.35. The Kier molecular flexibility index (Phi) is 5.47. The van der Waals surface area contributed by atoms with E-state index in [1.165, 1.54) is 24.3 Å². The summed E-state index contributed by atoms with van der Waals surface area (Å²) in [6, 6.07) is 14.1. The van der Waals surface area contributed by atoms with Crippen LogP contribution >= 0.6 is 0 Å². The molecule has 0 radical (unpaired) electrons. The van der Waals surface area contributed by atoms with Gasteiger partial charge in [0.1, 0.15) is 17.5 Å². The molecule has 0 aliphatic heterocycles. The van der Waals surface area contributed by atoms with Crippen molar-refractivity contribution < 1.29 is 13.6 Å². The fourth-order valence-electron chi connectivity index (χ4n) is 2.86. The monoisotopic (exact) mass is 405 g/mol. The van der Waals surface area contributed by atoms with Gasteiger partial charge in [-0.1, -0.05) is 24.3 Å². The molecule has 0 spiro atoms. The lowest BCUT2D eigenvalue weighted by atomic mass is 10.1. The van der Waals surface area contributed by atoms with Crippen molar-refractivity contribution in [3.8, 4) is 0 Å². The van der Waals surface area contributed by atoms with Gasteiger partial charge < -0.3 is 10.6 Å². The highest BCUT2D eigenvalue weighted by atomic mass is 19.1. The van der Waals surface area contributed by atoms with Gasteiger partial charge in [-0.05, 0) is 42.0 Å². The second-order valence-corrected chi connectivity index (χ2v) is 6.49. The van der Waals surface area contributed by atoms with Crippen molar-refractivity contribution >= 4 is 40.5 Å². The number of H-pyrrole nitrogens is 1. The number of halogens is 2. The smallest absolute Gasteiger partial charge is 0.243 e. The molecule has 0 bridgehead atoms. The maximum atomic E-state index is 14.4. The van der Waals surface area contributed by atoms with E-state index in [1.54, 1.807) is 48.7 Å². The summed E-state index contributed by atoms with van der Waals surface area (Å²) in [5, 5.41) is 13.0. The number of hydrogen-bond donors (Lipinski definition) is 3. The number of amides is 1. The zero-order valence-corrected chi connectivity index (χ0v) is 15.7. The van der Waals surface area contributed by atoms with E-state index in [0.29, 0.717) is 22.4 Å². The minimum Gasteiger partial charge on any atom is -0.361 e. The molecule has 0 saturated heterocycles. The van der Waals surface area contributed by atoms with Crippen molar-refractivity contribution in [3.05, 3.63) is 83.7 Å². The summed E-state index contributed by atoms with van der Waals surface area (Å²) in [6.45, 7) is -0.0583. The van der Waals surface area contributed by atoms with E-state index in [-0.39, 0.29) is 18.0 Å². The van der Waals surface area contributed by atoms with Gasteiger partial charge in [0.2, 0.25) is 5.91 Å². The first-order valence-corrected chi connectivity index (χ1v) is 9.14. The van der Waals surface area contributed by atoms with Gasteiger partial charge in [-0.25, -0.2) is 13.8 Å². The zero-order chi connectivity index (χ0) is 20.9. The summed E-state index contributed by atoms with van der Waals surface area (Å²) in [4.78, 5) is 16.3. The molecule has 0 unspecified atom stereocenters. The highest BCUT2D eigenvalue weighted by molar-refractivity contribution is 5.98. The van der Waals surface area contributed by atoms with Gasteiger partial charge >= 0.3 is 0 Å². The maximum Gasteiger partial charge on any atom is 0.243 e. The van der Waals surface area contributed by atoms with Gasteiger partial charge in [-0.15, -0.1) is 0 Å². The third-order valence-corrected chi connectivity index (χ3v) is 4.35. The van der Waals surface area contributed by atoms with Crippen LogP contribution in [-0.2, 0) is 4.79 Å². The molecule has 0 aliphatic rings. The topological polar surface area (TPSA) is 82.7 Å². The summed E-state index contributed by atoms with van der Waals surface area (Å²) in [6.07, 6.45) is 5.11. The van der Waals surface area contributed by atoms with Crippen LogP contribution in [0.15, 0.2) is 60.8 Å². The molecular weight excluding hydrogens is 388 g/mol. The van der Waals surface area contributed by atoms with Crippen LogP contribution in [0.25, 0.3) is 23.1 Å². The first-order chi connectivity index (χ1) is 14.6. The second kappa shape index (κ2) is 8.52. The van der Waals surface area contributed by atoms with E-state index in [4.69, 9.17) is 0 Å². The van der Waals surface area contributed by atoms with Crippen LogP contribution in [0.5, 0.6) is 0 Å². The number of anilines is 2. The molecule has 0 saturated carbocycles. The number of nitrogens with zero attached hydrogens (tertiary/aromatic N) is 2. The van der Waals surface area contributed by atoms with E-state index in [2.05, 4.69) is 25.8 Å². The first-order valence-electron chi connectivity index (χ1n) is 9.14. The van der Waals surface area contributed by atoms with E-state index in [0.717, 1.165) is 5.56 Å². The molecule has 2 heterocycles. The summed E-state index contributed by atoms with van der Waals surface area (Å²) in [5.41, 5.74) is 1.91. The number of benzene rings is 2. The average Bonchev–Trinajstić information content (AvgIpc) is 3.14. The molecule has 0 fully saturated rings. The molecule has 6 nitrogen and oxygen atoms in total. The van der Waals surface area contributed by atoms with Crippen LogP contribution in [0.1, 0.15) is 11.3 Å². The Morgan fingerprint density at radius 2 is 1.90 bits per heavy atom. The summed E-state index contributed by atoms with van der Waals surface area (Å²) in [7, 11) is 0. The van der Waals surface area contributed by atoms with Crippen LogP contribution in [0.4, 0.5) is 20.3 Å². The number of aromatic nitrogens is 3. The average molecular weight is 405 g/mol. The van der Waals surface area contributed by atoms with Gasteiger partial charge in [0.05, 0.1) is 23.4 Å². The van der Waals surface area contributed by atoms with Crippen LogP contribution in [0.2, 0.25) is 0 Å². The van der Waals surface area contributed by atoms with Crippen LogP contribution in [-0.4, -0.2) is 27.6 Å². The number of pyridine rings is 1. The third kappa shape index (κ3) is 4.49. The number of rotatable bonds is 6. The van der Waals surface area contributed by atoms with Gasteiger partial charge in [-0.2, -0.15) is 5.10 Å². The molecule has 8 heteroatoms. The maximum absolute atomic E-state index is 14.4. The van der Waals surface area contributed by atoms with Crippen LogP contribution in [0.3, 0.4) is 0 Å². The Morgan fingerprint density at radius 3 is 2.67 bits per heavy atom. The quantitative estimate of drug-likeness (QED) is 0.442. The van der Waals surface area contributed by atoms with E-state index < -0.39 is 11.7 Å². The largest absolute Gasteiger partial charge is 0.361 e. The minimum absolute atomic E-state index is 0.0492. The Balaban J connectivity index is 1.51. The zero-order valence-electron chi connectivity index (χ0n) is 15.7. The van der Waals surface area contributed by atoms with E-state index in [1.807, 2.05) is 0 Å². The summed E-state index contributed by atoms with van der Waals surface area (Å²) < 4.78 is 27.4. The number of carbonyl (C=O) groups is 1. The van der Waals surface area contributed by atoms with Crippen molar-refractivity contribution in [1.29, 1.82) is 0 Å². The SMILES string of the molecule is O=C(CNc1ccccn1)Nc1cc2c(/C=C/c3ccc(F)cc3)n[nH]c2cc1F. The molecule has 0 aliphatic carbocycles. The lowest BCUT2D eigenvalue weighted by molar-refractivity contribution is -0.114. The van der Waals surface area contributed by atoms with Crippen molar-refractivity contribution in [1.82, 2.24) is 15.2 Å². The number of carbonyl (C=O) groups excluding carboxylic acids is 1. The number of aromatic amines is 1. The molecular formula is C22H17F2N5O. The molecule has 4 aromatic rings. The fraction of sp³-hybridized carbons (Fsp3) is 0.0455. The molecule has 1 amide bonds. The predicted molar refractivity (Wildman–Crippen MR) is 113 cm³/mol. The van der Waals surface area contributed by atoms with Crippen molar-refractivity contribution in [2.24, 2.45) is 0 Å². The Bertz CT molecular complexity index is 1200. The molecule has 150 valence electrons. The molecule has 0 atom stereocenters. The lowest BCUT2D eigenvalue weighted by Gasteiger charge is -2.08. The summed E-state index contributed by atoms with van der Waals surface area (Å²) >= 11 is 0. The standard InChI is InChI=1S/C22H17F2N5O/c23-15-7-4-14(5-8-15)6-9-18-16-11-20(17(24)12-19(16)29-28-18)27-22(30)13-26-21-3-1-2-10-25-21/h1-12H,13H2,(H,25,26)(H,27,30)(H,28,29)/b9-6+. The summed E-state index contributed by atoms with van der Waals surface area (Å²) in [5.74, 6) is -0.755. The van der Waals surface area contributed by atoms with Crippen molar-refractivity contribution in [2.45, 2.75) is 0 Å². The van der Waals surface area contributed by atoms with Gasteiger partial charge in [0.15, 0.2) is 0 Å². The second-order valence-electron chi connectivity index (χ2n) is 6.49. The van der Waals surface area contributed by atoms with Gasteiger partial charge in [0, 0.05) is 17.6 Å². The number of nitrogens with one attached hydrogen (secondary N) is 3. The van der Waals surface area contributed by atoms with Crippen molar-refractivity contribution in [3.63, 3.8) is 0 Å². The minimum atomic E-state index is -0.577.